The van der Waals surface area contributed by atoms with Crippen molar-refractivity contribution in [2.75, 3.05) is 33.4 Å². The van der Waals surface area contributed by atoms with Crippen molar-refractivity contribution in [3.63, 3.8) is 0 Å². The maximum absolute atomic E-state index is 6.17. The van der Waals surface area contributed by atoms with Gasteiger partial charge in [-0.15, -0.1) is 0 Å². The third-order valence-corrected chi connectivity index (χ3v) is 5.74. The van der Waals surface area contributed by atoms with Gasteiger partial charge in [-0.2, -0.15) is 0 Å². The van der Waals surface area contributed by atoms with Crippen LogP contribution in [0, 0.1) is 17.8 Å². The van der Waals surface area contributed by atoms with Crippen molar-refractivity contribution >= 4 is 0 Å². The Balaban J connectivity index is 2.09. The predicted octanol–water partition coefficient (Wildman–Crippen LogP) is 2.50. The van der Waals surface area contributed by atoms with Gasteiger partial charge in [0.25, 0.3) is 0 Å². The molecule has 1 saturated heterocycles. The molecule has 1 saturated carbocycles. The average molecular weight is 268 g/mol. The molecule has 0 aromatic carbocycles. The molecule has 1 aliphatic carbocycles. The summed E-state index contributed by atoms with van der Waals surface area (Å²) in [5.74, 6) is 2.43. The summed E-state index contributed by atoms with van der Waals surface area (Å²) >= 11 is 0. The summed E-state index contributed by atoms with van der Waals surface area (Å²) in [4.78, 5) is 2.66. The van der Waals surface area contributed by atoms with Crippen LogP contribution < -0.4 is 5.73 Å². The number of nitrogens with two attached hydrogens (primary N) is 1. The van der Waals surface area contributed by atoms with Crippen molar-refractivity contribution in [3.05, 3.63) is 0 Å². The molecule has 3 nitrogen and oxygen atoms in total. The highest BCUT2D eigenvalue weighted by molar-refractivity contribution is 4.98. The second-order valence-electron chi connectivity index (χ2n) is 6.93. The topological polar surface area (TPSA) is 38.5 Å². The molecule has 2 aliphatic rings. The molecule has 1 aliphatic heterocycles. The zero-order valence-electron chi connectivity index (χ0n) is 13.0. The van der Waals surface area contributed by atoms with Gasteiger partial charge in [0.15, 0.2) is 0 Å². The molecule has 0 bridgehead atoms. The second-order valence-corrected chi connectivity index (χ2v) is 6.93. The fraction of sp³-hybridized carbons (Fsp3) is 1.00. The summed E-state index contributed by atoms with van der Waals surface area (Å²) in [6.45, 7) is 8.50. The second kappa shape index (κ2) is 6.55. The molecular weight excluding hydrogens is 236 g/mol. The first-order chi connectivity index (χ1) is 9.14. The number of hydrogen-bond acceptors (Lipinski definition) is 3. The van der Waals surface area contributed by atoms with Crippen LogP contribution in [-0.4, -0.2) is 43.8 Å². The summed E-state index contributed by atoms with van der Waals surface area (Å²) in [5.41, 5.74) is 6.21. The highest BCUT2D eigenvalue weighted by atomic mass is 16.5. The molecule has 0 amide bonds. The number of likely N-dealkylation sites (tertiary alicyclic amines) is 1. The van der Waals surface area contributed by atoms with Crippen molar-refractivity contribution in [3.8, 4) is 0 Å². The summed E-state index contributed by atoms with van der Waals surface area (Å²) in [6.07, 6.45) is 7.12. The van der Waals surface area contributed by atoms with Crippen LogP contribution in [0.3, 0.4) is 0 Å². The van der Waals surface area contributed by atoms with E-state index in [4.69, 9.17) is 10.5 Å². The molecule has 0 aromatic rings. The molecule has 3 unspecified atom stereocenters. The van der Waals surface area contributed by atoms with Crippen molar-refractivity contribution < 1.29 is 4.74 Å². The van der Waals surface area contributed by atoms with Crippen LogP contribution in [0.5, 0.6) is 0 Å². The van der Waals surface area contributed by atoms with Crippen molar-refractivity contribution in [1.29, 1.82) is 0 Å². The summed E-state index contributed by atoms with van der Waals surface area (Å²) in [5, 5.41) is 0. The smallest absolute Gasteiger partial charge is 0.0661 e. The minimum atomic E-state index is 0.0389. The summed E-state index contributed by atoms with van der Waals surface area (Å²) in [7, 11) is 1.81. The number of rotatable bonds is 5. The van der Waals surface area contributed by atoms with Crippen LogP contribution in [0.25, 0.3) is 0 Å². The molecule has 0 aromatic heterocycles. The zero-order valence-corrected chi connectivity index (χ0v) is 13.0. The fourth-order valence-electron chi connectivity index (χ4n) is 4.30. The van der Waals surface area contributed by atoms with Gasteiger partial charge in [0.1, 0.15) is 0 Å². The van der Waals surface area contributed by atoms with E-state index in [1.165, 1.54) is 45.2 Å². The molecule has 2 fully saturated rings. The maximum Gasteiger partial charge on any atom is 0.0661 e. The molecule has 0 radical (unpaired) electrons. The lowest BCUT2D eigenvalue weighted by molar-refractivity contribution is -0.0552. The van der Waals surface area contributed by atoms with E-state index in [0.29, 0.717) is 12.5 Å². The van der Waals surface area contributed by atoms with E-state index in [0.717, 1.165) is 18.4 Å². The largest absolute Gasteiger partial charge is 0.383 e. The van der Waals surface area contributed by atoms with E-state index < -0.39 is 0 Å². The normalized spacial score (nSPS) is 32.1. The van der Waals surface area contributed by atoms with Gasteiger partial charge < -0.3 is 10.5 Å². The molecule has 2 rings (SSSR count). The standard InChI is InChI=1S/C16H32N2O/c1-13(2)16(11-17,12-19-3)18-9-8-14-6-4-5-7-15(14)10-18/h13-15H,4-12,17H2,1-3H3. The Kier molecular flexibility index (Phi) is 5.27. The van der Waals surface area contributed by atoms with Crippen molar-refractivity contribution in [2.24, 2.45) is 23.5 Å². The van der Waals surface area contributed by atoms with E-state index >= 15 is 0 Å². The Morgan fingerprint density at radius 1 is 1.21 bits per heavy atom. The quantitative estimate of drug-likeness (QED) is 0.832. The SMILES string of the molecule is COCC(CN)(C(C)C)N1CCC2CCCCC2C1. The van der Waals surface area contributed by atoms with Gasteiger partial charge in [-0.25, -0.2) is 0 Å². The van der Waals surface area contributed by atoms with E-state index in [1.54, 1.807) is 7.11 Å². The molecule has 0 spiro atoms. The monoisotopic (exact) mass is 268 g/mol. The lowest BCUT2D eigenvalue weighted by atomic mass is 9.73. The van der Waals surface area contributed by atoms with Gasteiger partial charge in [-0.3, -0.25) is 4.90 Å². The Morgan fingerprint density at radius 3 is 2.47 bits per heavy atom. The minimum Gasteiger partial charge on any atom is -0.383 e. The fourth-order valence-corrected chi connectivity index (χ4v) is 4.30. The van der Waals surface area contributed by atoms with Crippen molar-refractivity contribution in [2.45, 2.75) is 51.5 Å². The zero-order chi connectivity index (χ0) is 13.9. The number of nitrogens with zero attached hydrogens (tertiary/aromatic N) is 1. The maximum atomic E-state index is 6.17. The van der Waals surface area contributed by atoms with Gasteiger partial charge in [-0.05, 0) is 37.1 Å². The van der Waals surface area contributed by atoms with E-state index in [2.05, 4.69) is 18.7 Å². The third-order valence-electron chi connectivity index (χ3n) is 5.74. The molecule has 1 heterocycles. The molecule has 112 valence electrons. The van der Waals surface area contributed by atoms with E-state index in [-0.39, 0.29) is 5.54 Å². The lowest BCUT2D eigenvalue weighted by Gasteiger charge is -2.52. The van der Waals surface area contributed by atoms with E-state index in [1.807, 2.05) is 0 Å². The first-order valence-electron chi connectivity index (χ1n) is 8.08. The first kappa shape index (κ1) is 15.3. The highest BCUT2D eigenvalue weighted by Gasteiger charge is 2.43. The first-order valence-corrected chi connectivity index (χ1v) is 8.08. The van der Waals surface area contributed by atoms with Gasteiger partial charge in [0.05, 0.1) is 12.1 Å². The third kappa shape index (κ3) is 2.98. The predicted molar refractivity (Wildman–Crippen MR) is 80.1 cm³/mol. The average Bonchev–Trinajstić information content (AvgIpc) is 2.44. The van der Waals surface area contributed by atoms with Crippen LogP contribution in [-0.2, 0) is 4.74 Å². The summed E-state index contributed by atoms with van der Waals surface area (Å²) in [6, 6.07) is 0. The molecule has 19 heavy (non-hydrogen) atoms. The van der Waals surface area contributed by atoms with Gasteiger partial charge in [-0.1, -0.05) is 33.1 Å². The van der Waals surface area contributed by atoms with Gasteiger partial charge in [0.2, 0.25) is 0 Å². The van der Waals surface area contributed by atoms with Crippen LogP contribution in [0.15, 0.2) is 0 Å². The number of fused-ring (bicyclic) bond motifs is 1. The molecule has 3 atom stereocenters. The number of ether oxygens (including phenoxy) is 1. The highest BCUT2D eigenvalue weighted by Crippen LogP contribution is 2.39. The Hall–Kier alpha value is -0.120. The summed E-state index contributed by atoms with van der Waals surface area (Å²) < 4.78 is 5.53. The molecule has 3 heteroatoms. The Bertz CT molecular complexity index is 282. The molecule has 2 N–H and O–H groups in total. The lowest BCUT2D eigenvalue weighted by Crippen LogP contribution is -2.63. The Labute approximate surface area is 118 Å². The van der Waals surface area contributed by atoms with Gasteiger partial charge in [0, 0.05) is 20.2 Å². The Morgan fingerprint density at radius 2 is 1.89 bits per heavy atom. The van der Waals surface area contributed by atoms with Crippen molar-refractivity contribution in [1.82, 2.24) is 4.90 Å². The van der Waals surface area contributed by atoms with Gasteiger partial charge >= 0.3 is 0 Å². The number of methoxy groups -OCH3 is 1. The van der Waals surface area contributed by atoms with Crippen LogP contribution in [0.4, 0.5) is 0 Å². The van der Waals surface area contributed by atoms with Crippen LogP contribution in [0.1, 0.15) is 46.0 Å². The van der Waals surface area contributed by atoms with Crippen LogP contribution in [0.2, 0.25) is 0 Å². The minimum absolute atomic E-state index is 0.0389. The molecular formula is C16H32N2O. The number of piperidine rings is 1. The number of hydrogen-bond donors (Lipinski definition) is 1. The van der Waals surface area contributed by atoms with E-state index in [9.17, 15) is 0 Å². The van der Waals surface area contributed by atoms with Crippen LogP contribution >= 0.6 is 0 Å².